The summed E-state index contributed by atoms with van der Waals surface area (Å²) in [7, 11) is 0. The molecule has 6 heteroatoms. The number of primary amides is 1. The van der Waals surface area contributed by atoms with Gasteiger partial charge in [-0.2, -0.15) is 4.79 Å². The number of hydrogen-bond donors (Lipinski definition) is 2. The van der Waals surface area contributed by atoms with E-state index in [1.165, 1.54) is 16.8 Å². The summed E-state index contributed by atoms with van der Waals surface area (Å²) in [5, 5.41) is 4.34. The lowest BCUT2D eigenvalue weighted by Crippen LogP contribution is -2.32. The maximum absolute atomic E-state index is 12.7. The Hall–Kier alpha value is -2.63. The van der Waals surface area contributed by atoms with Crippen LogP contribution in [0.25, 0.3) is 11.3 Å². The van der Waals surface area contributed by atoms with Gasteiger partial charge in [0.05, 0.1) is 5.69 Å². The van der Waals surface area contributed by atoms with Crippen LogP contribution in [0.2, 0.25) is 0 Å². The van der Waals surface area contributed by atoms with Crippen LogP contribution in [0.3, 0.4) is 0 Å². The van der Waals surface area contributed by atoms with Gasteiger partial charge in [0.15, 0.2) is 5.69 Å². The Kier molecular flexibility index (Phi) is 4.03. The minimum Gasteiger partial charge on any atom is -0.364 e. The van der Waals surface area contributed by atoms with Crippen LogP contribution in [0.1, 0.15) is 53.7 Å². The summed E-state index contributed by atoms with van der Waals surface area (Å²) < 4.78 is 0. The molecule has 1 saturated carbocycles. The molecule has 1 aromatic heterocycles. The van der Waals surface area contributed by atoms with Crippen LogP contribution in [0.4, 0.5) is 0 Å². The number of nitrogens with two attached hydrogens (primary N) is 1. The summed E-state index contributed by atoms with van der Waals surface area (Å²) in [6.45, 7) is 0. The van der Waals surface area contributed by atoms with Crippen LogP contribution in [-0.4, -0.2) is 21.7 Å². The molecule has 0 saturated heterocycles. The molecule has 1 aromatic carbocycles. The van der Waals surface area contributed by atoms with Crippen molar-refractivity contribution < 1.29 is 9.59 Å². The number of hydrogen-bond acceptors (Lipinski definition) is 3. The third kappa shape index (κ3) is 2.81. The predicted molar refractivity (Wildman–Crippen MR) is 94.5 cm³/mol. The Labute approximate surface area is 146 Å². The van der Waals surface area contributed by atoms with Crippen molar-refractivity contribution in [2.24, 2.45) is 11.7 Å². The lowest BCUT2D eigenvalue weighted by molar-refractivity contribution is -0.121. The number of aromatic nitrogens is 2. The van der Waals surface area contributed by atoms with Crippen LogP contribution >= 0.6 is 0 Å². The quantitative estimate of drug-likeness (QED) is 0.900. The normalized spacial score (nSPS) is 16.8. The van der Waals surface area contributed by atoms with Crippen molar-refractivity contribution in [3.05, 3.63) is 41.1 Å². The summed E-state index contributed by atoms with van der Waals surface area (Å²) in [4.78, 5) is 26.0. The van der Waals surface area contributed by atoms with Gasteiger partial charge >= 0.3 is 0 Å². The third-order valence-corrected chi connectivity index (χ3v) is 5.33. The van der Waals surface area contributed by atoms with Crippen molar-refractivity contribution >= 4 is 11.8 Å². The van der Waals surface area contributed by atoms with E-state index in [0.29, 0.717) is 6.42 Å². The van der Waals surface area contributed by atoms with Gasteiger partial charge in [-0.3, -0.25) is 9.59 Å². The zero-order chi connectivity index (χ0) is 17.4. The van der Waals surface area contributed by atoms with Crippen LogP contribution in [0, 0.1) is 5.92 Å². The number of nitrogens with one attached hydrogen (secondary N) is 1. The molecular formula is C19H22N4O2. The lowest BCUT2D eigenvalue weighted by Gasteiger charge is -2.22. The van der Waals surface area contributed by atoms with Gasteiger partial charge in [-0.25, -0.2) is 5.43 Å². The molecule has 1 heterocycles. The van der Waals surface area contributed by atoms with Crippen molar-refractivity contribution in [2.75, 3.05) is 5.43 Å². The second-order valence-electron chi connectivity index (χ2n) is 6.92. The van der Waals surface area contributed by atoms with Crippen molar-refractivity contribution in [3.63, 3.8) is 0 Å². The molecule has 2 amide bonds. The molecule has 0 bridgehead atoms. The van der Waals surface area contributed by atoms with E-state index < -0.39 is 5.91 Å². The average molecular weight is 338 g/mol. The first-order chi connectivity index (χ1) is 12.1. The Balaban J connectivity index is 1.73. The first-order valence-electron chi connectivity index (χ1n) is 8.96. The largest absolute Gasteiger partial charge is 0.364 e. The summed E-state index contributed by atoms with van der Waals surface area (Å²) in [5.74, 6) is -0.560. The zero-order valence-electron chi connectivity index (χ0n) is 14.1. The van der Waals surface area contributed by atoms with Crippen LogP contribution in [0.5, 0.6) is 0 Å². The topological polar surface area (TPSA) is 90.0 Å². The van der Waals surface area contributed by atoms with E-state index in [-0.39, 0.29) is 17.5 Å². The van der Waals surface area contributed by atoms with E-state index in [1.807, 2.05) is 18.2 Å². The van der Waals surface area contributed by atoms with E-state index in [2.05, 4.69) is 16.6 Å². The first kappa shape index (κ1) is 15.9. The molecule has 0 unspecified atom stereocenters. The highest BCUT2D eigenvalue weighted by Gasteiger charge is 2.29. The zero-order valence-corrected chi connectivity index (χ0v) is 14.1. The minimum absolute atomic E-state index is 0.0180. The molecule has 6 nitrogen and oxygen atoms in total. The SMILES string of the molecule is NC(=O)c1nn(NC(=O)C2CCCCC2)c2c1CCc1ccccc1-2. The monoisotopic (exact) mass is 338 g/mol. The van der Waals surface area contributed by atoms with Gasteiger partial charge in [-0.05, 0) is 31.2 Å². The average Bonchev–Trinajstić information content (AvgIpc) is 3.01. The van der Waals surface area contributed by atoms with E-state index in [1.54, 1.807) is 0 Å². The van der Waals surface area contributed by atoms with E-state index >= 15 is 0 Å². The Morgan fingerprint density at radius 2 is 1.88 bits per heavy atom. The number of aryl methyl sites for hydroxylation is 1. The molecule has 0 aliphatic heterocycles. The van der Waals surface area contributed by atoms with Gasteiger partial charge in [0.25, 0.3) is 5.91 Å². The molecule has 1 fully saturated rings. The second kappa shape index (κ2) is 6.35. The first-order valence-corrected chi connectivity index (χ1v) is 8.96. The highest BCUT2D eigenvalue weighted by Crippen LogP contribution is 2.35. The standard InChI is InChI=1S/C19H22N4O2/c20-18(24)16-15-11-10-12-6-4-5-9-14(12)17(15)23(21-16)22-19(25)13-7-2-1-3-8-13/h4-6,9,13H,1-3,7-8,10-11H2,(H2,20,24)(H,22,25). The highest BCUT2D eigenvalue weighted by atomic mass is 16.2. The summed E-state index contributed by atoms with van der Waals surface area (Å²) in [6, 6.07) is 8.03. The summed E-state index contributed by atoms with van der Waals surface area (Å²) >= 11 is 0. The van der Waals surface area contributed by atoms with Gasteiger partial charge in [0.1, 0.15) is 0 Å². The fourth-order valence-corrected chi connectivity index (χ4v) is 4.03. The molecule has 2 aromatic rings. The second-order valence-corrected chi connectivity index (χ2v) is 6.92. The number of carbonyl (C=O) groups is 2. The molecule has 2 aliphatic rings. The van der Waals surface area contributed by atoms with Gasteiger partial charge < -0.3 is 5.73 Å². The Morgan fingerprint density at radius 3 is 2.64 bits per heavy atom. The van der Waals surface area contributed by atoms with E-state index in [4.69, 9.17) is 5.73 Å². The Morgan fingerprint density at radius 1 is 1.12 bits per heavy atom. The van der Waals surface area contributed by atoms with Gasteiger partial charge in [0.2, 0.25) is 5.91 Å². The molecule has 3 N–H and O–H groups in total. The van der Waals surface area contributed by atoms with Crippen molar-refractivity contribution in [2.45, 2.75) is 44.9 Å². The smallest absolute Gasteiger partial charge is 0.269 e. The van der Waals surface area contributed by atoms with Crippen molar-refractivity contribution in [1.29, 1.82) is 0 Å². The highest BCUT2D eigenvalue weighted by molar-refractivity contribution is 5.95. The fraction of sp³-hybridized carbons (Fsp3) is 0.421. The molecule has 2 aliphatic carbocycles. The van der Waals surface area contributed by atoms with Crippen molar-refractivity contribution in [3.8, 4) is 11.3 Å². The van der Waals surface area contributed by atoms with Gasteiger partial charge in [-0.1, -0.05) is 43.5 Å². The number of amides is 2. The number of fused-ring (bicyclic) bond motifs is 3. The number of nitrogens with zero attached hydrogens (tertiary/aromatic N) is 2. The number of carbonyl (C=O) groups excluding carboxylic acids is 2. The molecule has 130 valence electrons. The fourth-order valence-electron chi connectivity index (χ4n) is 4.03. The van der Waals surface area contributed by atoms with E-state index in [9.17, 15) is 9.59 Å². The molecule has 0 atom stereocenters. The van der Waals surface area contributed by atoms with Gasteiger partial charge in [0, 0.05) is 17.0 Å². The lowest BCUT2D eigenvalue weighted by atomic mass is 9.88. The van der Waals surface area contributed by atoms with Crippen LogP contribution in [0.15, 0.2) is 24.3 Å². The summed E-state index contributed by atoms with van der Waals surface area (Å²) in [5.41, 5.74) is 12.5. The molecular weight excluding hydrogens is 316 g/mol. The Bertz CT molecular complexity index is 834. The maximum Gasteiger partial charge on any atom is 0.269 e. The third-order valence-electron chi connectivity index (χ3n) is 5.33. The van der Waals surface area contributed by atoms with Crippen molar-refractivity contribution in [1.82, 2.24) is 9.89 Å². The molecule has 0 radical (unpaired) electrons. The molecule has 4 rings (SSSR count). The predicted octanol–water partition coefficient (Wildman–Crippen LogP) is 2.40. The van der Waals surface area contributed by atoms with Crippen LogP contribution < -0.4 is 11.2 Å². The molecule has 0 spiro atoms. The van der Waals surface area contributed by atoms with Gasteiger partial charge in [-0.15, -0.1) is 5.10 Å². The van der Waals surface area contributed by atoms with E-state index in [0.717, 1.165) is 48.9 Å². The minimum atomic E-state index is -0.554. The molecule has 25 heavy (non-hydrogen) atoms. The number of rotatable bonds is 3. The van der Waals surface area contributed by atoms with Crippen LogP contribution in [-0.2, 0) is 17.6 Å². The number of benzene rings is 1. The maximum atomic E-state index is 12.7. The summed E-state index contributed by atoms with van der Waals surface area (Å²) in [6.07, 6.45) is 6.73.